The van der Waals surface area contributed by atoms with E-state index in [4.69, 9.17) is 0 Å². The van der Waals surface area contributed by atoms with E-state index in [0.29, 0.717) is 0 Å². The Kier molecular flexibility index (Phi) is 1190. The molecule has 0 unspecified atom stereocenters. The zero-order valence-electron chi connectivity index (χ0n) is 2.63. The third-order valence-electron chi connectivity index (χ3n) is 0. The van der Waals surface area contributed by atoms with Crippen molar-refractivity contribution in [2.75, 3.05) is 0 Å². The summed E-state index contributed by atoms with van der Waals surface area (Å²) in [6.45, 7) is 0. The smallest absolute Gasteiger partial charge is 2.00 e. The second kappa shape index (κ2) is 67.3. The van der Waals surface area contributed by atoms with Gasteiger partial charge in [0.2, 0.25) is 0 Å². The topological polar surface area (TPSA) is 114 Å². The fraction of sp³-hybridized carbons (Fsp3) is 0. The molecule has 0 rings (SSSR count). The molecule has 0 bridgehead atoms. The summed E-state index contributed by atoms with van der Waals surface area (Å²) in [7, 11) is 0. The summed E-state index contributed by atoms with van der Waals surface area (Å²) in [6, 6.07) is 0. The maximum Gasteiger partial charge on any atom is 4.00 e. The van der Waals surface area contributed by atoms with Crippen molar-refractivity contribution in [1.29, 1.82) is 0 Å². The van der Waals surface area contributed by atoms with Gasteiger partial charge in [0.1, 0.15) is 0 Å². The minimum absolute atomic E-state index is 0. The summed E-state index contributed by atoms with van der Waals surface area (Å²) in [5.41, 5.74) is 0. The molecule has 0 aliphatic carbocycles. The van der Waals surface area contributed by atoms with Gasteiger partial charge in [-0.1, -0.05) is 0 Å². The molecule has 6 heavy (non-hydrogen) atoms. The summed E-state index contributed by atoms with van der Waals surface area (Å²) >= 11 is 0. The SMILES string of the molecule is [O-2].[O-2].[O-2].[O-2].[Th+4].[Ti+4]. The third-order valence-corrected chi connectivity index (χ3v) is 0. The van der Waals surface area contributed by atoms with E-state index in [0.717, 1.165) is 0 Å². The standard InChI is InChI=1S/4O.Th.Ti/q4*-2;2*+4. The molecule has 0 aliphatic heterocycles. The van der Waals surface area contributed by atoms with Gasteiger partial charge in [-0.2, -0.15) is 0 Å². The number of hydrogen-bond acceptors (Lipinski definition) is 0. The van der Waals surface area contributed by atoms with Crippen molar-refractivity contribution in [1.82, 2.24) is 0 Å². The van der Waals surface area contributed by atoms with Crippen molar-refractivity contribution in [3.63, 3.8) is 0 Å². The van der Waals surface area contributed by atoms with E-state index in [-0.39, 0.29) is 83.6 Å². The first-order chi connectivity index (χ1) is 0. The summed E-state index contributed by atoms with van der Waals surface area (Å²) in [4.78, 5) is 0. The van der Waals surface area contributed by atoms with Gasteiger partial charge in [0.15, 0.2) is 0 Å². The van der Waals surface area contributed by atoms with Crippen LogP contribution in [0.4, 0.5) is 0 Å². The number of rotatable bonds is 0. The first-order valence-corrected chi connectivity index (χ1v) is 0. The molecular formula is O4ThTi. The Morgan fingerprint density at radius 3 is 0.500 bits per heavy atom. The first-order valence-electron chi connectivity index (χ1n) is 0. The molecule has 0 fully saturated rings. The summed E-state index contributed by atoms with van der Waals surface area (Å²) in [5.74, 6) is 0. The van der Waals surface area contributed by atoms with Crippen molar-refractivity contribution in [3.8, 4) is 0 Å². The minimum Gasteiger partial charge on any atom is -2.00 e. The molecule has 0 N–H and O–H groups in total. The summed E-state index contributed by atoms with van der Waals surface area (Å²) in [6.07, 6.45) is 0. The van der Waals surface area contributed by atoms with Gasteiger partial charge in [-0.3, -0.25) is 0 Å². The average Bonchev–Trinajstić information content (AvgIpc) is 0. The van der Waals surface area contributed by atoms with Crippen LogP contribution in [-0.4, -0.2) is 0 Å². The zero-order chi connectivity index (χ0) is 0. The van der Waals surface area contributed by atoms with Crippen molar-refractivity contribution >= 4 is 0 Å². The van der Waals surface area contributed by atoms with E-state index < -0.39 is 0 Å². The van der Waals surface area contributed by atoms with Gasteiger partial charge >= 0.3 is 61.7 Å². The van der Waals surface area contributed by atoms with Crippen LogP contribution in [0.3, 0.4) is 0 Å². The normalized spacial score (nSPS) is 0. The molecule has 32 valence electrons. The van der Waals surface area contributed by atoms with Crippen molar-refractivity contribution in [3.05, 3.63) is 0 Å². The Bertz CT molecular complexity index is 7.51. The van der Waals surface area contributed by atoms with E-state index in [2.05, 4.69) is 0 Å². The van der Waals surface area contributed by atoms with Crippen LogP contribution in [0.2, 0.25) is 0 Å². The van der Waals surface area contributed by atoms with Crippen molar-refractivity contribution in [2.24, 2.45) is 0 Å². The predicted octanol–water partition coefficient (Wildman–Crippen LogP) is -0.478. The van der Waals surface area contributed by atoms with Crippen LogP contribution in [0, 0.1) is 39.9 Å². The van der Waals surface area contributed by atoms with E-state index in [1.54, 1.807) is 0 Å². The quantitative estimate of drug-likeness (QED) is 0.529. The average molecular weight is 344 g/mol. The Labute approximate surface area is 82.5 Å². The summed E-state index contributed by atoms with van der Waals surface area (Å²) < 4.78 is 0. The molecule has 4 nitrogen and oxygen atoms in total. The maximum atomic E-state index is 0. The molecular weight excluding hydrogens is 344 g/mol. The van der Waals surface area contributed by atoms with Crippen LogP contribution in [0.15, 0.2) is 0 Å². The molecule has 0 aliphatic rings. The fourth-order valence-electron chi connectivity index (χ4n) is 0. The first kappa shape index (κ1) is 106. The largest absolute Gasteiger partial charge is 4.00 e. The Morgan fingerprint density at radius 2 is 0.500 bits per heavy atom. The minimum atomic E-state index is 0. The van der Waals surface area contributed by atoms with Gasteiger partial charge in [0.05, 0.1) is 0 Å². The van der Waals surface area contributed by atoms with Crippen LogP contribution in [-0.2, 0) is 43.6 Å². The van der Waals surface area contributed by atoms with Crippen LogP contribution in [0.5, 0.6) is 0 Å². The molecule has 6 heteroatoms. The van der Waals surface area contributed by atoms with Gasteiger partial charge in [-0.15, -0.1) is 0 Å². The number of hydrogen-bond donors (Lipinski definition) is 0. The molecule has 0 atom stereocenters. The second-order valence-corrected chi connectivity index (χ2v) is 0. The molecule has 0 heterocycles. The molecule has 0 saturated heterocycles. The van der Waals surface area contributed by atoms with Crippen LogP contribution in [0.25, 0.3) is 0 Å². The third kappa shape index (κ3) is 39.6. The van der Waals surface area contributed by atoms with E-state index in [9.17, 15) is 0 Å². The van der Waals surface area contributed by atoms with Crippen LogP contribution < -0.4 is 0 Å². The molecule has 0 spiro atoms. The van der Waals surface area contributed by atoms with Gasteiger partial charge in [-0.25, -0.2) is 0 Å². The Hall–Kier alpha value is 1.88. The summed E-state index contributed by atoms with van der Waals surface area (Å²) in [5, 5.41) is 0. The fourth-order valence-corrected chi connectivity index (χ4v) is 0. The molecule has 0 amide bonds. The molecule has 0 radical (unpaired) electrons. The zero-order valence-corrected chi connectivity index (χ0v) is 8.30. The van der Waals surface area contributed by atoms with Crippen LogP contribution >= 0.6 is 0 Å². The molecule has 0 saturated carbocycles. The molecule has 0 aromatic heterocycles. The van der Waals surface area contributed by atoms with Gasteiger partial charge in [0.25, 0.3) is 0 Å². The molecule has 0 aromatic carbocycles. The van der Waals surface area contributed by atoms with Gasteiger partial charge < -0.3 is 21.9 Å². The van der Waals surface area contributed by atoms with Gasteiger partial charge in [0, 0.05) is 0 Å². The Morgan fingerprint density at radius 1 is 0.500 bits per heavy atom. The van der Waals surface area contributed by atoms with E-state index in [1.807, 2.05) is 0 Å². The van der Waals surface area contributed by atoms with Crippen molar-refractivity contribution < 1.29 is 83.6 Å². The predicted molar refractivity (Wildman–Crippen MR) is 2.75 cm³/mol. The molecule has 0 aromatic rings. The van der Waals surface area contributed by atoms with E-state index in [1.165, 1.54) is 0 Å². The Balaban J connectivity index is 0. The maximum absolute atomic E-state index is 0. The monoisotopic (exact) mass is 344 g/mol. The van der Waals surface area contributed by atoms with Crippen LogP contribution in [0.1, 0.15) is 0 Å². The van der Waals surface area contributed by atoms with E-state index >= 15 is 0 Å². The van der Waals surface area contributed by atoms with Gasteiger partial charge in [-0.05, 0) is 0 Å². The van der Waals surface area contributed by atoms with Crippen molar-refractivity contribution in [2.45, 2.75) is 0 Å². The second-order valence-electron chi connectivity index (χ2n) is 0.